The number of hydrogen-bond acceptors (Lipinski definition) is 4. The minimum atomic E-state index is -0.520. The first-order chi connectivity index (χ1) is 11.4. The second-order valence-electron chi connectivity index (χ2n) is 6.95. The van der Waals surface area contributed by atoms with Crippen LogP contribution >= 0.6 is 0 Å². The number of amides is 3. The molecule has 1 fully saturated rings. The minimum absolute atomic E-state index is 0.179. The van der Waals surface area contributed by atoms with Gasteiger partial charge in [0.15, 0.2) is 0 Å². The number of carbonyl (C=O) groups is 3. The summed E-state index contributed by atoms with van der Waals surface area (Å²) in [4.78, 5) is 38.4. The van der Waals surface area contributed by atoms with E-state index in [-0.39, 0.29) is 35.2 Å². The molecule has 2 N–H and O–H groups in total. The number of aliphatic hydroxyl groups is 1. The van der Waals surface area contributed by atoms with Gasteiger partial charge in [-0.25, -0.2) is 0 Å². The fourth-order valence-corrected chi connectivity index (χ4v) is 3.32. The number of fused-ring (bicyclic) bond motifs is 1. The number of imide groups is 1. The monoisotopic (exact) mass is 330 g/mol. The first kappa shape index (κ1) is 16.6. The molecule has 24 heavy (non-hydrogen) atoms. The Morgan fingerprint density at radius 3 is 2.58 bits per heavy atom. The van der Waals surface area contributed by atoms with Gasteiger partial charge in [0.25, 0.3) is 17.7 Å². The lowest BCUT2D eigenvalue weighted by atomic mass is 10.0. The molecule has 6 nitrogen and oxygen atoms in total. The van der Waals surface area contributed by atoms with Crippen LogP contribution in [0.1, 0.15) is 64.2 Å². The summed E-state index contributed by atoms with van der Waals surface area (Å²) in [7, 11) is 0. The lowest BCUT2D eigenvalue weighted by Crippen LogP contribution is -2.39. The van der Waals surface area contributed by atoms with Crippen LogP contribution < -0.4 is 5.32 Å². The summed E-state index contributed by atoms with van der Waals surface area (Å²) in [6, 6.07) is 4.32. The first-order valence-corrected chi connectivity index (χ1v) is 8.37. The van der Waals surface area contributed by atoms with Crippen LogP contribution in [-0.2, 0) is 0 Å². The third kappa shape index (κ3) is 2.94. The van der Waals surface area contributed by atoms with Gasteiger partial charge in [0.05, 0.1) is 23.3 Å². The number of carbonyl (C=O) groups excluding carboxylic acids is 3. The summed E-state index contributed by atoms with van der Waals surface area (Å²) in [5.74, 6) is -0.800. The van der Waals surface area contributed by atoms with E-state index in [2.05, 4.69) is 5.32 Å². The molecule has 128 valence electrons. The number of nitrogens with zero attached hydrogens (tertiary/aromatic N) is 1. The van der Waals surface area contributed by atoms with Crippen molar-refractivity contribution in [3.63, 3.8) is 0 Å². The highest BCUT2D eigenvalue weighted by Crippen LogP contribution is 2.25. The van der Waals surface area contributed by atoms with E-state index in [9.17, 15) is 19.5 Å². The van der Waals surface area contributed by atoms with Crippen molar-refractivity contribution >= 4 is 17.7 Å². The van der Waals surface area contributed by atoms with Gasteiger partial charge in [-0.05, 0) is 43.4 Å². The van der Waals surface area contributed by atoms with Crippen molar-refractivity contribution < 1.29 is 19.5 Å². The zero-order valence-electron chi connectivity index (χ0n) is 13.9. The van der Waals surface area contributed by atoms with E-state index in [1.807, 2.05) is 13.8 Å². The Hall–Kier alpha value is -2.21. The van der Waals surface area contributed by atoms with Gasteiger partial charge in [0.2, 0.25) is 0 Å². The molecular formula is C18H22N2O4. The van der Waals surface area contributed by atoms with Crippen LogP contribution in [0.5, 0.6) is 0 Å². The van der Waals surface area contributed by atoms with Crippen LogP contribution in [0.15, 0.2) is 18.2 Å². The molecule has 1 heterocycles. The molecule has 1 aromatic rings. The Balaban J connectivity index is 1.80. The molecule has 2 aliphatic rings. The maximum absolute atomic E-state index is 12.4. The minimum Gasteiger partial charge on any atom is -0.391 e. The molecule has 1 aromatic carbocycles. The van der Waals surface area contributed by atoms with Crippen molar-refractivity contribution in [1.29, 1.82) is 0 Å². The summed E-state index contributed by atoms with van der Waals surface area (Å²) in [6.07, 6.45) is 1.80. The summed E-state index contributed by atoms with van der Waals surface area (Å²) in [5, 5.41) is 12.6. The van der Waals surface area contributed by atoms with Crippen molar-refractivity contribution in [2.45, 2.75) is 45.3 Å². The third-order valence-electron chi connectivity index (χ3n) is 4.58. The second-order valence-corrected chi connectivity index (χ2v) is 6.95. The standard InChI is InChI=1S/C18H22N2O4/c1-10(2)9-20-17(23)12-7-6-11(8-13(12)18(20)24)16(22)19-14-4-3-5-15(14)21/h6-8,10,14-15,21H,3-5,9H2,1-2H3,(H,19,22). The fourth-order valence-electron chi connectivity index (χ4n) is 3.32. The van der Waals surface area contributed by atoms with Crippen molar-refractivity contribution in [3.05, 3.63) is 34.9 Å². The van der Waals surface area contributed by atoms with Gasteiger partial charge in [0.1, 0.15) is 0 Å². The SMILES string of the molecule is CC(C)CN1C(=O)c2ccc(C(=O)NC3CCCC3O)cc2C1=O. The van der Waals surface area contributed by atoms with E-state index in [0.717, 1.165) is 12.8 Å². The molecule has 6 heteroatoms. The number of hydrogen-bond donors (Lipinski definition) is 2. The number of aliphatic hydroxyl groups excluding tert-OH is 1. The number of rotatable bonds is 4. The van der Waals surface area contributed by atoms with Crippen molar-refractivity contribution in [2.75, 3.05) is 6.54 Å². The molecule has 0 saturated heterocycles. The molecule has 3 amide bonds. The Labute approximate surface area is 140 Å². The van der Waals surface area contributed by atoms with Crippen molar-refractivity contribution in [3.8, 4) is 0 Å². The van der Waals surface area contributed by atoms with Gasteiger partial charge in [-0.3, -0.25) is 19.3 Å². The average Bonchev–Trinajstić information content (AvgIpc) is 3.04. The van der Waals surface area contributed by atoms with Gasteiger partial charge < -0.3 is 10.4 Å². The summed E-state index contributed by atoms with van der Waals surface area (Å²) >= 11 is 0. The highest BCUT2D eigenvalue weighted by Gasteiger charge is 2.36. The van der Waals surface area contributed by atoms with E-state index >= 15 is 0 Å². The Kier molecular flexibility index (Phi) is 4.41. The van der Waals surface area contributed by atoms with Gasteiger partial charge in [-0.15, -0.1) is 0 Å². The van der Waals surface area contributed by atoms with E-state index in [1.165, 1.54) is 17.0 Å². The second kappa shape index (κ2) is 6.36. The molecule has 3 rings (SSSR count). The third-order valence-corrected chi connectivity index (χ3v) is 4.58. The molecule has 1 aliphatic carbocycles. The summed E-state index contributed by atoms with van der Waals surface area (Å²) in [6.45, 7) is 4.24. The molecular weight excluding hydrogens is 308 g/mol. The first-order valence-electron chi connectivity index (χ1n) is 8.37. The fraction of sp³-hybridized carbons (Fsp3) is 0.500. The predicted molar refractivity (Wildman–Crippen MR) is 87.8 cm³/mol. The normalized spacial score (nSPS) is 23.1. The smallest absolute Gasteiger partial charge is 0.261 e. The average molecular weight is 330 g/mol. The lowest BCUT2D eigenvalue weighted by molar-refractivity contribution is 0.0636. The van der Waals surface area contributed by atoms with Gasteiger partial charge in [0, 0.05) is 12.1 Å². The number of benzene rings is 1. The van der Waals surface area contributed by atoms with Crippen LogP contribution in [0.4, 0.5) is 0 Å². The zero-order chi connectivity index (χ0) is 17.4. The number of nitrogens with one attached hydrogen (secondary N) is 1. The molecule has 2 atom stereocenters. The largest absolute Gasteiger partial charge is 0.391 e. The van der Waals surface area contributed by atoms with E-state index in [4.69, 9.17) is 0 Å². The Morgan fingerprint density at radius 1 is 1.25 bits per heavy atom. The van der Waals surface area contributed by atoms with Crippen LogP contribution in [0, 0.1) is 5.92 Å². The van der Waals surface area contributed by atoms with Crippen LogP contribution in [0.25, 0.3) is 0 Å². The topological polar surface area (TPSA) is 86.7 Å². The molecule has 2 unspecified atom stereocenters. The highest BCUT2D eigenvalue weighted by atomic mass is 16.3. The van der Waals surface area contributed by atoms with Crippen LogP contribution in [0.2, 0.25) is 0 Å². The zero-order valence-corrected chi connectivity index (χ0v) is 13.9. The van der Waals surface area contributed by atoms with E-state index < -0.39 is 6.10 Å². The molecule has 1 aliphatic heterocycles. The van der Waals surface area contributed by atoms with E-state index in [0.29, 0.717) is 24.1 Å². The van der Waals surface area contributed by atoms with Crippen LogP contribution in [0.3, 0.4) is 0 Å². The highest BCUT2D eigenvalue weighted by molar-refractivity contribution is 6.22. The summed E-state index contributed by atoms with van der Waals surface area (Å²) < 4.78 is 0. The van der Waals surface area contributed by atoms with Gasteiger partial charge in [-0.1, -0.05) is 13.8 Å². The maximum atomic E-state index is 12.4. The predicted octanol–water partition coefficient (Wildman–Crippen LogP) is 1.58. The van der Waals surface area contributed by atoms with Gasteiger partial charge >= 0.3 is 0 Å². The maximum Gasteiger partial charge on any atom is 0.261 e. The van der Waals surface area contributed by atoms with E-state index in [1.54, 1.807) is 6.07 Å². The van der Waals surface area contributed by atoms with Crippen molar-refractivity contribution in [2.24, 2.45) is 5.92 Å². The molecule has 0 spiro atoms. The quantitative estimate of drug-likeness (QED) is 0.821. The summed E-state index contributed by atoms with van der Waals surface area (Å²) in [5.41, 5.74) is 0.957. The molecule has 1 saturated carbocycles. The molecule has 0 bridgehead atoms. The Bertz CT molecular complexity index is 698. The molecule has 0 aromatic heterocycles. The van der Waals surface area contributed by atoms with Crippen LogP contribution in [-0.4, -0.2) is 46.4 Å². The lowest BCUT2D eigenvalue weighted by Gasteiger charge is -2.16. The van der Waals surface area contributed by atoms with Crippen molar-refractivity contribution in [1.82, 2.24) is 10.2 Å². The Morgan fingerprint density at radius 2 is 1.96 bits per heavy atom. The van der Waals surface area contributed by atoms with Gasteiger partial charge in [-0.2, -0.15) is 0 Å². The molecule has 0 radical (unpaired) electrons.